The molecule has 4 aromatic rings. The molecule has 0 radical (unpaired) electrons. The molecule has 0 aliphatic heterocycles. The molecule has 3 nitrogen and oxygen atoms in total. The lowest BCUT2D eigenvalue weighted by Gasteiger charge is -2.01. The summed E-state index contributed by atoms with van der Waals surface area (Å²) in [5.74, 6) is -0.290. The van der Waals surface area contributed by atoms with E-state index in [1.807, 2.05) is 42.5 Å². The van der Waals surface area contributed by atoms with Crippen LogP contribution in [0.3, 0.4) is 0 Å². The van der Waals surface area contributed by atoms with Crippen molar-refractivity contribution in [2.45, 2.75) is 0 Å². The molecular weight excluding hydrogens is 335 g/mol. The van der Waals surface area contributed by atoms with Gasteiger partial charge in [-0.15, -0.1) is 11.3 Å². The Morgan fingerprint density at radius 2 is 1.76 bits per heavy atom. The van der Waals surface area contributed by atoms with Gasteiger partial charge in [0.05, 0.1) is 11.8 Å². The molecule has 0 spiro atoms. The first-order valence-electron chi connectivity index (χ1n) is 7.71. The van der Waals surface area contributed by atoms with Crippen LogP contribution < -0.4 is 5.56 Å². The van der Waals surface area contributed by atoms with Gasteiger partial charge < -0.3 is 4.98 Å². The predicted octanol–water partition coefficient (Wildman–Crippen LogP) is 4.96. The summed E-state index contributed by atoms with van der Waals surface area (Å²) in [5, 5.41) is 0. The van der Waals surface area contributed by atoms with E-state index in [0.29, 0.717) is 10.2 Å². The van der Waals surface area contributed by atoms with Gasteiger partial charge in [0, 0.05) is 10.4 Å². The topological polar surface area (TPSA) is 45.8 Å². The van der Waals surface area contributed by atoms with Gasteiger partial charge >= 0.3 is 0 Å². The molecule has 122 valence electrons. The normalized spacial score (nSPS) is 11.4. The molecule has 0 unspecified atom stereocenters. The molecule has 2 aromatic carbocycles. The summed E-state index contributed by atoms with van der Waals surface area (Å²) in [5.41, 5.74) is 3.26. The standard InChI is InChI=1S/C20H13FN2OS/c21-15-9-7-14(8-10-15)18-16(11-6-13-4-2-1-3-5-13)17-19(25-18)20(24)23-12-22-17/h1-12H,(H,22,23,24)/b11-6+. The van der Waals surface area contributed by atoms with Crippen LogP contribution >= 0.6 is 11.3 Å². The van der Waals surface area contributed by atoms with E-state index in [9.17, 15) is 9.18 Å². The third-order valence-electron chi connectivity index (χ3n) is 3.86. The Bertz CT molecular complexity index is 1110. The van der Waals surface area contributed by atoms with Crippen LogP contribution in [0.15, 0.2) is 65.7 Å². The van der Waals surface area contributed by atoms with Crippen molar-refractivity contribution in [3.8, 4) is 10.4 Å². The van der Waals surface area contributed by atoms with Crippen LogP contribution in [0.2, 0.25) is 0 Å². The quantitative estimate of drug-likeness (QED) is 0.569. The van der Waals surface area contributed by atoms with Gasteiger partial charge in [0.1, 0.15) is 10.5 Å². The van der Waals surface area contributed by atoms with Gasteiger partial charge in [0.15, 0.2) is 0 Å². The molecule has 0 bridgehead atoms. The van der Waals surface area contributed by atoms with Crippen molar-refractivity contribution in [3.63, 3.8) is 0 Å². The number of aromatic nitrogens is 2. The zero-order chi connectivity index (χ0) is 17.2. The highest BCUT2D eigenvalue weighted by Gasteiger charge is 2.15. The monoisotopic (exact) mass is 348 g/mol. The smallest absolute Gasteiger partial charge is 0.268 e. The Kier molecular flexibility index (Phi) is 3.99. The van der Waals surface area contributed by atoms with Crippen molar-refractivity contribution < 1.29 is 4.39 Å². The molecule has 0 saturated carbocycles. The van der Waals surface area contributed by atoms with Crippen molar-refractivity contribution in [1.82, 2.24) is 9.97 Å². The zero-order valence-electron chi connectivity index (χ0n) is 13.1. The Balaban J connectivity index is 1.92. The second kappa shape index (κ2) is 6.45. The number of aromatic amines is 1. The summed E-state index contributed by atoms with van der Waals surface area (Å²) in [6.45, 7) is 0. The largest absolute Gasteiger partial charge is 0.312 e. The van der Waals surface area contributed by atoms with E-state index in [2.05, 4.69) is 9.97 Å². The molecule has 25 heavy (non-hydrogen) atoms. The number of thiophene rings is 1. The molecule has 4 rings (SSSR count). The van der Waals surface area contributed by atoms with Crippen molar-refractivity contribution in [3.05, 3.63) is 88.2 Å². The average Bonchev–Trinajstić information content (AvgIpc) is 3.01. The number of hydrogen-bond acceptors (Lipinski definition) is 3. The molecule has 0 aliphatic carbocycles. The second-order valence-corrected chi connectivity index (χ2v) is 6.53. The van der Waals surface area contributed by atoms with Gasteiger partial charge in [0.25, 0.3) is 5.56 Å². The maximum absolute atomic E-state index is 13.3. The Hall–Kier alpha value is -3.05. The molecule has 0 amide bonds. The summed E-state index contributed by atoms with van der Waals surface area (Å²) >= 11 is 1.36. The molecule has 0 fully saturated rings. The lowest BCUT2D eigenvalue weighted by molar-refractivity contribution is 0.628. The minimum atomic E-state index is -0.290. The first-order valence-corrected chi connectivity index (χ1v) is 8.53. The number of benzene rings is 2. The SMILES string of the molecule is O=c1[nH]cnc2c(/C=C/c3ccccc3)c(-c3ccc(F)cc3)sc12. The fourth-order valence-electron chi connectivity index (χ4n) is 2.65. The minimum absolute atomic E-state index is 0.169. The zero-order valence-corrected chi connectivity index (χ0v) is 13.9. The number of hydrogen-bond donors (Lipinski definition) is 1. The Morgan fingerprint density at radius 3 is 2.52 bits per heavy atom. The highest BCUT2D eigenvalue weighted by atomic mass is 32.1. The van der Waals surface area contributed by atoms with Crippen LogP contribution in [-0.4, -0.2) is 9.97 Å². The van der Waals surface area contributed by atoms with Crippen molar-refractivity contribution in [1.29, 1.82) is 0 Å². The van der Waals surface area contributed by atoms with Crippen molar-refractivity contribution in [2.24, 2.45) is 0 Å². The van der Waals surface area contributed by atoms with Crippen LogP contribution in [0.4, 0.5) is 4.39 Å². The molecule has 0 atom stereocenters. The number of H-pyrrole nitrogens is 1. The number of nitrogens with one attached hydrogen (secondary N) is 1. The van der Waals surface area contributed by atoms with Crippen molar-refractivity contribution in [2.75, 3.05) is 0 Å². The van der Waals surface area contributed by atoms with E-state index in [4.69, 9.17) is 0 Å². The van der Waals surface area contributed by atoms with E-state index in [1.54, 1.807) is 12.1 Å². The van der Waals surface area contributed by atoms with Crippen LogP contribution in [0, 0.1) is 5.82 Å². The van der Waals surface area contributed by atoms with Gasteiger partial charge in [-0.1, -0.05) is 54.6 Å². The van der Waals surface area contributed by atoms with Gasteiger partial charge in [-0.2, -0.15) is 0 Å². The predicted molar refractivity (Wildman–Crippen MR) is 101 cm³/mol. The van der Waals surface area contributed by atoms with Gasteiger partial charge in [-0.25, -0.2) is 9.37 Å². The number of rotatable bonds is 3. The molecular formula is C20H13FN2OS. The minimum Gasteiger partial charge on any atom is -0.312 e. The highest BCUT2D eigenvalue weighted by molar-refractivity contribution is 7.22. The Morgan fingerprint density at radius 1 is 1.00 bits per heavy atom. The van der Waals surface area contributed by atoms with Crippen LogP contribution in [-0.2, 0) is 0 Å². The molecule has 2 aromatic heterocycles. The fraction of sp³-hybridized carbons (Fsp3) is 0. The van der Waals surface area contributed by atoms with Crippen molar-refractivity contribution >= 4 is 33.7 Å². The second-order valence-electron chi connectivity index (χ2n) is 5.51. The molecule has 2 heterocycles. The maximum atomic E-state index is 13.3. The number of nitrogens with zero attached hydrogens (tertiary/aromatic N) is 1. The van der Waals surface area contributed by atoms with E-state index in [-0.39, 0.29) is 11.4 Å². The lowest BCUT2D eigenvalue weighted by Crippen LogP contribution is -2.03. The first kappa shape index (κ1) is 15.5. The maximum Gasteiger partial charge on any atom is 0.268 e. The lowest BCUT2D eigenvalue weighted by atomic mass is 10.1. The first-order chi connectivity index (χ1) is 12.2. The van der Waals surface area contributed by atoms with E-state index in [0.717, 1.165) is 21.6 Å². The van der Waals surface area contributed by atoms with Crippen LogP contribution in [0.1, 0.15) is 11.1 Å². The molecule has 1 N–H and O–H groups in total. The van der Waals surface area contributed by atoms with Crippen LogP contribution in [0.5, 0.6) is 0 Å². The van der Waals surface area contributed by atoms with Gasteiger partial charge in [-0.3, -0.25) is 4.79 Å². The van der Waals surface area contributed by atoms with E-state index < -0.39 is 0 Å². The molecule has 0 aliphatic rings. The summed E-state index contributed by atoms with van der Waals surface area (Å²) in [6.07, 6.45) is 5.35. The highest BCUT2D eigenvalue weighted by Crippen LogP contribution is 2.37. The summed E-state index contributed by atoms with van der Waals surface area (Å²) in [6, 6.07) is 16.2. The summed E-state index contributed by atoms with van der Waals surface area (Å²) in [4.78, 5) is 20.0. The third kappa shape index (κ3) is 3.02. The number of halogens is 1. The number of fused-ring (bicyclic) bond motifs is 1. The summed E-state index contributed by atoms with van der Waals surface area (Å²) < 4.78 is 13.8. The third-order valence-corrected chi connectivity index (χ3v) is 5.11. The van der Waals surface area contributed by atoms with E-state index in [1.165, 1.54) is 29.8 Å². The van der Waals surface area contributed by atoms with Gasteiger partial charge in [-0.05, 0) is 23.3 Å². The fourth-order valence-corrected chi connectivity index (χ4v) is 3.80. The summed E-state index contributed by atoms with van der Waals surface area (Å²) in [7, 11) is 0. The molecule has 0 saturated heterocycles. The van der Waals surface area contributed by atoms with Gasteiger partial charge in [0.2, 0.25) is 0 Å². The average molecular weight is 348 g/mol. The van der Waals surface area contributed by atoms with Crippen LogP contribution in [0.25, 0.3) is 32.8 Å². The van der Waals surface area contributed by atoms with E-state index >= 15 is 0 Å². The molecule has 5 heteroatoms. The Labute approximate surface area is 147 Å².